The summed E-state index contributed by atoms with van der Waals surface area (Å²) in [5.41, 5.74) is 2.31. The predicted octanol–water partition coefficient (Wildman–Crippen LogP) is 5.45. The number of amides is 1. The molecule has 0 saturated carbocycles. The average molecular weight is 498 g/mol. The van der Waals surface area contributed by atoms with Crippen molar-refractivity contribution in [3.63, 3.8) is 0 Å². The van der Waals surface area contributed by atoms with Gasteiger partial charge >= 0.3 is 0 Å². The number of rotatable bonds is 6. The van der Waals surface area contributed by atoms with Crippen LogP contribution in [0.15, 0.2) is 70.3 Å². The molecule has 1 unspecified atom stereocenters. The van der Waals surface area contributed by atoms with E-state index in [1.165, 1.54) is 11.3 Å². The van der Waals surface area contributed by atoms with Gasteiger partial charge < -0.3 is 4.90 Å². The van der Waals surface area contributed by atoms with Crippen molar-refractivity contribution >= 4 is 54.5 Å². The van der Waals surface area contributed by atoms with E-state index >= 15 is 0 Å². The lowest BCUT2D eigenvalue weighted by Gasteiger charge is -2.34. The zero-order valence-corrected chi connectivity index (χ0v) is 20.3. The molecule has 6 nitrogen and oxygen atoms in total. The van der Waals surface area contributed by atoms with Crippen molar-refractivity contribution in [2.45, 2.75) is 35.9 Å². The van der Waals surface area contributed by atoms with Crippen LogP contribution in [-0.4, -0.2) is 30.8 Å². The third kappa shape index (κ3) is 4.80. The summed E-state index contributed by atoms with van der Waals surface area (Å²) in [6.45, 7) is 0.734. The fourth-order valence-electron chi connectivity index (χ4n) is 4.11. The molecule has 2 aromatic heterocycles. The summed E-state index contributed by atoms with van der Waals surface area (Å²) in [5.74, 6) is 0.0749. The van der Waals surface area contributed by atoms with E-state index in [4.69, 9.17) is 4.98 Å². The molecule has 1 amide bonds. The van der Waals surface area contributed by atoms with E-state index in [-0.39, 0.29) is 22.6 Å². The van der Waals surface area contributed by atoms with Gasteiger partial charge in [-0.2, -0.15) is 0 Å². The molecule has 4 aromatic rings. The van der Waals surface area contributed by atoms with Crippen molar-refractivity contribution in [1.82, 2.24) is 9.88 Å². The minimum atomic E-state index is -3.58. The van der Waals surface area contributed by atoms with Crippen LogP contribution in [0.4, 0.5) is 5.69 Å². The van der Waals surface area contributed by atoms with E-state index < -0.39 is 10.0 Å². The number of hydrogen-bond donors (Lipinski definition) is 1. The van der Waals surface area contributed by atoms with Crippen molar-refractivity contribution in [1.29, 1.82) is 0 Å². The Morgan fingerprint density at radius 1 is 1.06 bits per heavy atom. The number of para-hydroxylation sites is 1. The maximum absolute atomic E-state index is 13.2. The summed E-state index contributed by atoms with van der Waals surface area (Å²) >= 11 is 2.84. The molecule has 33 heavy (non-hydrogen) atoms. The van der Waals surface area contributed by atoms with Crippen molar-refractivity contribution < 1.29 is 13.2 Å². The smallest absolute Gasteiger partial charge is 0.271 e. The highest BCUT2D eigenvalue weighted by atomic mass is 32.2. The highest BCUT2D eigenvalue weighted by Crippen LogP contribution is 2.36. The molecule has 5 rings (SSSR count). The Morgan fingerprint density at radius 2 is 1.88 bits per heavy atom. The molecule has 1 aliphatic rings. The van der Waals surface area contributed by atoms with Crippen molar-refractivity contribution in [3.05, 3.63) is 76.6 Å². The van der Waals surface area contributed by atoms with E-state index in [0.29, 0.717) is 5.69 Å². The molecule has 170 valence electrons. The lowest BCUT2D eigenvalue weighted by molar-refractivity contribution is -0.134. The average Bonchev–Trinajstić information content (AvgIpc) is 3.51. The number of aromatic nitrogens is 1. The standard InChI is InChI=1S/C24H23N3O3S3/c28-22(16-17-10-12-18(13-11-17)26-33(29,30)23-9-5-15-31-23)27-14-4-3-7-20(27)24-25-19-6-1-2-8-21(19)32-24/h1-2,5-6,8-13,15,20,26H,3-4,7,14,16H2. The van der Waals surface area contributed by atoms with Gasteiger partial charge in [0.05, 0.1) is 22.7 Å². The number of nitrogens with zero attached hydrogens (tertiary/aromatic N) is 2. The van der Waals surface area contributed by atoms with Crippen molar-refractivity contribution in [2.75, 3.05) is 11.3 Å². The van der Waals surface area contributed by atoms with Crippen LogP contribution in [0.25, 0.3) is 10.2 Å². The topological polar surface area (TPSA) is 79.4 Å². The van der Waals surface area contributed by atoms with Crippen LogP contribution in [0, 0.1) is 0 Å². The van der Waals surface area contributed by atoms with E-state index in [1.54, 1.807) is 53.1 Å². The van der Waals surface area contributed by atoms with Crippen LogP contribution in [0.5, 0.6) is 0 Å². The predicted molar refractivity (Wildman–Crippen MR) is 133 cm³/mol. The lowest BCUT2D eigenvalue weighted by atomic mass is 10.0. The summed E-state index contributed by atoms with van der Waals surface area (Å²) in [4.78, 5) is 20.0. The minimum absolute atomic E-state index is 0.0144. The van der Waals surface area contributed by atoms with Gasteiger partial charge in [-0.3, -0.25) is 9.52 Å². The zero-order chi connectivity index (χ0) is 22.8. The molecule has 9 heteroatoms. The molecule has 1 N–H and O–H groups in total. The van der Waals surface area contributed by atoms with Gasteiger partial charge in [-0.25, -0.2) is 13.4 Å². The Labute approximate surface area is 201 Å². The second-order valence-corrected chi connectivity index (χ2v) is 11.9. The molecule has 0 radical (unpaired) electrons. The van der Waals surface area contributed by atoms with Crippen LogP contribution in [0.3, 0.4) is 0 Å². The molecule has 1 aliphatic heterocycles. The summed E-state index contributed by atoms with van der Waals surface area (Å²) < 4.78 is 28.8. The molecule has 1 atom stereocenters. The van der Waals surface area contributed by atoms with Gasteiger partial charge in [-0.05, 0) is 60.5 Å². The zero-order valence-electron chi connectivity index (χ0n) is 17.8. The Hall–Kier alpha value is -2.75. The number of hydrogen-bond acceptors (Lipinski definition) is 6. The normalized spacial score (nSPS) is 16.7. The number of nitrogens with one attached hydrogen (secondary N) is 1. The number of benzene rings is 2. The number of thiophene rings is 1. The molecule has 2 aromatic carbocycles. The molecule has 0 spiro atoms. The largest absolute Gasteiger partial charge is 0.333 e. The Bertz CT molecular complexity index is 1330. The summed E-state index contributed by atoms with van der Waals surface area (Å²) in [7, 11) is -3.58. The Morgan fingerprint density at radius 3 is 2.64 bits per heavy atom. The summed E-state index contributed by atoms with van der Waals surface area (Å²) in [5, 5.41) is 2.73. The monoisotopic (exact) mass is 497 g/mol. The summed E-state index contributed by atoms with van der Waals surface area (Å²) in [6.07, 6.45) is 3.29. The second kappa shape index (κ2) is 9.24. The van der Waals surface area contributed by atoms with Gasteiger partial charge in [0.25, 0.3) is 10.0 Å². The number of likely N-dealkylation sites (tertiary alicyclic amines) is 1. The second-order valence-electron chi connectivity index (χ2n) is 8.03. The Balaban J connectivity index is 1.29. The first-order chi connectivity index (χ1) is 16.0. The number of carbonyl (C=O) groups excluding carboxylic acids is 1. The number of thiazole rings is 1. The van der Waals surface area contributed by atoms with Crippen LogP contribution in [-0.2, 0) is 21.2 Å². The molecule has 1 fully saturated rings. The van der Waals surface area contributed by atoms with Crippen molar-refractivity contribution in [2.24, 2.45) is 0 Å². The molecular formula is C24H23N3O3S3. The molecule has 0 bridgehead atoms. The van der Waals surface area contributed by atoms with Crippen LogP contribution < -0.4 is 4.72 Å². The maximum atomic E-state index is 13.2. The van der Waals surface area contributed by atoms with Gasteiger partial charge in [-0.1, -0.05) is 30.3 Å². The highest BCUT2D eigenvalue weighted by molar-refractivity contribution is 7.94. The van der Waals surface area contributed by atoms with E-state index in [1.807, 2.05) is 23.1 Å². The van der Waals surface area contributed by atoms with Crippen LogP contribution in [0.2, 0.25) is 0 Å². The fraction of sp³-hybridized carbons (Fsp3) is 0.250. The van der Waals surface area contributed by atoms with Gasteiger partial charge in [0, 0.05) is 12.2 Å². The number of anilines is 1. The number of sulfonamides is 1. The van der Waals surface area contributed by atoms with Gasteiger partial charge in [0.1, 0.15) is 9.22 Å². The van der Waals surface area contributed by atoms with Gasteiger partial charge in [0.15, 0.2) is 0 Å². The maximum Gasteiger partial charge on any atom is 0.271 e. The highest BCUT2D eigenvalue weighted by Gasteiger charge is 2.30. The number of carbonyl (C=O) groups is 1. The van der Waals surface area contributed by atoms with Crippen LogP contribution in [0.1, 0.15) is 35.9 Å². The van der Waals surface area contributed by atoms with Crippen molar-refractivity contribution in [3.8, 4) is 0 Å². The first-order valence-electron chi connectivity index (χ1n) is 10.8. The molecule has 3 heterocycles. The number of fused-ring (bicyclic) bond motifs is 1. The lowest BCUT2D eigenvalue weighted by Crippen LogP contribution is -2.39. The van der Waals surface area contributed by atoms with Crippen LogP contribution >= 0.6 is 22.7 Å². The fourth-order valence-corrected chi connectivity index (χ4v) is 7.27. The molecule has 0 aliphatic carbocycles. The van der Waals surface area contributed by atoms with Gasteiger partial charge in [0.2, 0.25) is 5.91 Å². The van der Waals surface area contributed by atoms with E-state index in [9.17, 15) is 13.2 Å². The third-order valence-electron chi connectivity index (χ3n) is 5.74. The Kier molecular flexibility index (Phi) is 6.18. The minimum Gasteiger partial charge on any atom is -0.333 e. The molecule has 1 saturated heterocycles. The first-order valence-corrected chi connectivity index (χ1v) is 14.0. The van der Waals surface area contributed by atoms with E-state index in [2.05, 4.69) is 10.8 Å². The van der Waals surface area contributed by atoms with E-state index in [0.717, 1.165) is 46.6 Å². The summed E-state index contributed by atoms with van der Waals surface area (Å²) in [6, 6.07) is 18.4. The molecular weight excluding hydrogens is 474 g/mol. The van der Waals surface area contributed by atoms with Gasteiger partial charge in [-0.15, -0.1) is 22.7 Å². The SMILES string of the molecule is O=C(Cc1ccc(NS(=O)(=O)c2cccs2)cc1)N1CCCCC1c1nc2ccccc2s1. The quantitative estimate of drug-likeness (QED) is 0.384. The first kappa shape index (κ1) is 22.1. The third-order valence-corrected chi connectivity index (χ3v) is 9.66. The number of piperidine rings is 1.